The van der Waals surface area contributed by atoms with Crippen LogP contribution in [0.1, 0.15) is 98.5 Å². The van der Waals surface area contributed by atoms with Gasteiger partial charge in [-0.15, -0.1) is 0 Å². The van der Waals surface area contributed by atoms with Gasteiger partial charge in [-0.2, -0.15) is 0 Å². The fourth-order valence-corrected chi connectivity index (χ4v) is 5.70. The topological polar surface area (TPSA) is 35.5 Å². The zero-order valence-electron chi connectivity index (χ0n) is 26.5. The van der Waals surface area contributed by atoms with Crippen LogP contribution in [-0.4, -0.2) is 27.0 Å². The monoisotopic (exact) mass is 562 g/mol. The summed E-state index contributed by atoms with van der Waals surface area (Å²) in [6, 6.07) is 9.98. The van der Waals surface area contributed by atoms with Gasteiger partial charge >= 0.3 is 5.97 Å². The number of carbonyl (C=O) groups is 1. The molecule has 2 rings (SSSR count). The minimum atomic E-state index is -1.64. The second-order valence-corrected chi connectivity index (χ2v) is 18.2. The van der Waals surface area contributed by atoms with Crippen LogP contribution in [-0.2, 0) is 14.0 Å². The SMILES string of the molecule is CC(=O)O[C@@H](/C=C/C=C/[C@@H]1CCCC/C1=C\CCCCO[Si](C)(C)C(C)(C)C)C(C)(C)CC#Cc1ccccc1. The zero-order chi connectivity index (χ0) is 29.7. The Morgan fingerprint density at radius 2 is 1.80 bits per heavy atom. The van der Waals surface area contributed by atoms with E-state index in [1.165, 1.54) is 39.0 Å². The van der Waals surface area contributed by atoms with E-state index in [1.54, 1.807) is 5.57 Å². The fourth-order valence-electron chi connectivity index (χ4n) is 4.61. The molecule has 40 heavy (non-hydrogen) atoms. The number of carbonyl (C=O) groups excluding carboxylic acids is 1. The van der Waals surface area contributed by atoms with Gasteiger partial charge < -0.3 is 9.16 Å². The molecule has 3 nitrogen and oxygen atoms in total. The molecule has 1 fully saturated rings. The lowest BCUT2D eigenvalue weighted by Gasteiger charge is -2.36. The highest BCUT2D eigenvalue weighted by Gasteiger charge is 2.36. The first-order valence-electron chi connectivity index (χ1n) is 15.2. The van der Waals surface area contributed by atoms with Crippen LogP contribution < -0.4 is 0 Å². The number of benzene rings is 1. The van der Waals surface area contributed by atoms with Crippen molar-refractivity contribution in [1.82, 2.24) is 0 Å². The first-order chi connectivity index (χ1) is 18.8. The minimum absolute atomic E-state index is 0.269. The van der Waals surface area contributed by atoms with Gasteiger partial charge in [0, 0.05) is 30.9 Å². The summed E-state index contributed by atoms with van der Waals surface area (Å²) in [4.78, 5) is 11.9. The molecule has 0 amide bonds. The van der Waals surface area contributed by atoms with Crippen LogP contribution in [0.25, 0.3) is 0 Å². The van der Waals surface area contributed by atoms with Crippen molar-refractivity contribution in [3.63, 3.8) is 0 Å². The van der Waals surface area contributed by atoms with E-state index in [1.807, 2.05) is 42.5 Å². The molecule has 0 N–H and O–H groups in total. The van der Waals surface area contributed by atoms with Crippen LogP contribution in [0, 0.1) is 23.2 Å². The van der Waals surface area contributed by atoms with E-state index >= 15 is 0 Å². The number of allylic oxidation sites excluding steroid dienone is 5. The van der Waals surface area contributed by atoms with Crippen LogP contribution in [0.15, 0.2) is 66.3 Å². The first-order valence-corrected chi connectivity index (χ1v) is 18.1. The van der Waals surface area contributed by atoms with E-state index in [4.69, 9.17) is 9.16 Å². The summed E-state index contributed by atoms with van der Waals surface area (Å²) in [5.74, 6) is 6.74. The molecule has 0 aliphatic heterocycles. The Kier molecular flexibility index (Phi) is 13.7. The number of hydrogen-bond donors (Lipinski definition) is 0. The molecule has 220 valence electrons. The maximum Gasteiger partial charge on any atom is 0.303 e. The van der Waals surface area contributed by atoms with Crippen LogP contribution in [0.5, 0.6) is 0 Å². The van der Waals surface area contributed by atoms with Gasteiger partial charge in [0.05, 0.1) is 0 Å². The van der Waals surface area contributed by atoms with Crippen LogP contribution >= 0.6 is 0 Å². The summed E-state index contributed by atoms with van der Waals surface area (Å²) in [5, 5.41) is 0.273. The first kappa shape index (κ1) is 33.9. The molecule has 1 aromatic carbocycles. The summed E-state index contributed by atoms with van der Waals surface area (Å²) in [5.41, 5.74) is 2.27. The van der Waals surface area contributed by atoms with Gasteiger partial charge in [-0.1, -0.05) is 101 Å². The van der Waals surface area contributed by atoms with Crippen molar-refractivity contribution in [2.45, 2.75) is 117 Å². The van der Waals surface area contributed by atoms with Crippen molar-refractivity contribution >= 4 is 14.3 Å². The number of unbranched alkanes of at least 4 members (excludes halogenated alkanes) is 2. The van der Waals surface area contributed by atoms with E-state index in [0.29, 0.717) is 12.3 Å². The third kappa shape index (κ3) is 12.0. The smallest absolute Gasteiger partial charge is 0.303 e. The fraction of sp³-hybridized carbons (Fsp3) is 0.583. The molecule has 2 atom stereocenters. The largest absolute Gasteiger partial charge is 0.458 e. The molecule has 1 aliphatic rings. The molecular formula is C36H54O3Si. The van der Waals surface area contributed by atoms with Crippen LogP contribution in [0.4, 0.5) is 0 Å². The van der Waals surface area contributed by atoms with Gasteiger partial charge in [0.15, 0.2) is 8.32 Å². The molecular weight excluding hydrogens is 508 g/mol. The number of hydrogen-bond acceptors (Lipinski definition) is 3. The molecule has 0 heterocycles. The maximum absolute atomic E-state index is 11.9. The Balaban J connectivity index is 1.93. The maximum atomic E-state index is 11.9. The zero-order valence-corrected chi connectivity index (χ0v) is 27.5. The lowest BCUT2D eigenvalue weighted by Crippen LogP contribution is -2.40. The predicted octanol–water partition coefficient (Wildman–Crippen LogP) is 9.81. The van der Waals surface area contributed by atoms with E-state index in [0.717, 1.165) is 25.0 Å². The van der Waals surface area contributed by atoms with Crippen molar-refractivity contribution in [2.24, 2.45) is 11.3 Å². The summed E-state index contributed by atoms with van der Waals surface area (Å²) in [6.07, 6.45) is 19.7. The second-order valence-electron chi connectivity index (χ2n) is 13.4. The molecule has 4 heteroatoms. The summed E-state index contributed by atoms with van der Waals surface area (Å²) in [6.45, 7) is 18.1. The second kappa shape index (κ2) is 16.2. The van der Waals surface area contributed by atoms with Gasteiger partial charge in [0.1, 0.15) is 6.10 Å². The highest BCUT2D eigenvalue weighted by atomic mass is 28.4. The highest BCUT2D eigenvalue weighted by Crippen LogP contribution is 2.37. The Hall–Kier alpha value is -2.35. The Morgan fingerprint density at radius 1 is 1.07 bits per heavy atom. The lowest BCUT2D eigenvalue weighted by atomic mass is 9.82. The van der Waals surface area contributed by atoms with Crippen molar-refractivity contribution < 1.29 is 14.0 Å². The predicted molar refractivity (Wildman–Crippen MR) is 173 cm³/mol. The van der Waals surface area contributed by atoms with Crippen LogP contribution in [0.3, 0.4) is 0 Å². The summed E-state index contributed by atoms with van der Waals surface area (Å²) in [7, 11) is -1.64. The van der Waals surface area contributed by atoms with E-state index in [2.05, 4.69) is 77.8 Å². The number of ether oxygens (including phenoxy) is 1. The molecule has 1 aromatic rings. The van der Waals surface area contributed by atoms with Crippen LogP contribution in [0.2, 0.25) is 18.1 Å². The molecule has 0 spiro atoms. The highest BCUT2D eigenvalue weighted by molar-refractivity contribution is 6.74. The molecule has 1 saturated carbocycles. The average molecular weight is 563 g/mol. The molecule has 1 aliphatic carbocycles. The third-order valence-electron chi connectivity index (χ3n) is 8.34. The van der Waals surface area contributed by atoms with Crippen molar-refractivity contribution in [3.8, 4) is 11.8 Å². The van der Waals surface area contributed by atoms with E-state index in [9.17, 15) is 4.79 Å². The summed E-state index contributed by atoms with van der Waals surface area (Å²) < 4.78 is 12.1. The number of rotatable bonds is 12. The normalized spacial score (nSPS) is 18.6. The number of esters is 1. The quantitative estimate of drug-likeness (QED) is 0.0635. The minimum Gasteiger partial charge on any atom is -0.458 e. The van der Waals surface area contributed by atoms with Crippen molar-refractivity contribution in [3.05, 3.63) is 71.8 Å². The van der Waals surface area contributed by atoms with Gasteiger partial charge in [0.25, 0.3) is 0 Å². The standard InChI is InChI=1S/C36H54O3Si/c1-30(37)39-34(36(5,6)28-19-22-31-20-11-9-12-21-31)27-17-16-26-33-25-15-14-24-32(33)23-13-10-18-29-38-40(7,8)35(2,3)4/h9,11-12,16-17,20-21,23,26-27,33-34H,10,13-15,18,24-25,28-29H2,1-8H3/b26-16+,27-17+,32-23+/t33-,34-/m0/s1. The van der Waals surface area contributed by atoms with Gasteiger partial charge in [-0.3, -0.25) is 4.79 Å². The van der Waals surface area contributed by atoms with E-state index in [-0.39, 0.29) is 22.5 Å². The summed E-state index contributed by atoms with van der Waals surface area (Å²) >= 11 is 0. The lowest BCUT2D eigenvalue weighted by molar-refractivity contribution is -0.148. The molecule has 0 aromatic heterocycles. The van der Waals surface area contributed by atoms with Gasteiger partial charge in [-0.25, -0.2) is 0 Å². The Bertz CT molecular complexity index is 1060. The Morgan fingerprint density at radius 3 is 2.48 bits per heavy atom. The van der Waals surface area contributed by atoms with Crippen molar-refractivity contribution in [1.29, 1.82) is 0 Å². The van der Waals surface area contributed by atoms with E-state index < -0.39 is 8.32 Å². The molecule has 0 radical (unpaired) electrons. The Labute approximate surface area is 246 Å². The molecule has 0 bridgehead atoms. The average Bonchev–Trinajstić information content (AvgIpc) is 2.88. The molecule has 0 unspecified atom stereocenters. The van der Waals surface area contributed by atoms with Gasteiger partial charge in [-0.05, 0) is 80.8 Å². The van der Waals surface area contributed by atoms with Gasteiger partial charge in [0.2, 0.25) is 0 Å². The van der Waals surface area contributed by atoms with Crippen molar-refractivity contribution in [2.75, 3.05) is 6.61 Å². The third-order valence-corrected chi connectivity index (χ3v) is 12.9. The molecule has 0 saturated heterocycles.